The Hall–Kier alpha value is -2.28. The molecule has 0 amide bonds. The second-order valence-electron chi connectivity index (χ2n) is 5.71. The summed E-state index contributed by atoms with van der Waals surface area (Å²) in [7, 11) is 0.780. The van der Waals surface area contributed by atoms with Gasteiger partial charge in [-0.25, -0.2) is 9.18 Å². The average Bonchev–Trinajstić information content (AvgIpc) is 2.52. The zero-order valence-corrected chi connectivity index (χ0v) is 12.9. The second-order valence-corrected chi connectivity index (χ2v) is 5.71. The third-order valence-electron chi connectivity index (χ3n) is 4.20. The molecule has 2 atom stereocenters. The van der Waals surface area contributed by atoms with Crippen LogP contribution in [-0.4, -0.2) is 31.2 Å². The smallest absolute Gasteiger partial charge is 0.534 e. The summed E-state index contributed by atoms with van der Waals surface area (Å²) >= 11 is 0. The highest BCUT2D eigenvalue weighted by Crippen LogP contribution is 2.33. The molecule has 120 valence electrons. The van der Waals surface area contributed by atoms with Crippen molar-refractivity contribution in [1.29, 1.82) is 0 Å². The molecule has 2 aliphatic rings. The first kappa shape index (κ1) is 15.6. The van der Waals surface area contributed by atoms with Crippen molar-refractivity contribution in [1.82, 2.24) is 5.32 Å². The summed E-state index contributed by atoms with van der Waals surface area (Å²) < 4.78 is 24.7. The molecule has 0 radical (unpaired) electrons. The molecule has 1 aromatic carbocycles. The lowest BCUT2D eigenvalue weighted by Gasteiger charge is -2.31. The third-order valence-corrected chi connectivity index (χ3v) is 4.20. The topological polar surface area (TPSA) is 67.8 Å². The van der Waals surface area contributed by atoms with Gasteiger partial charge >= 0.3 is 13.1 Å². The van der Waals surface area contributed by atoms with Crippen molar-refractivity contribution in [2.75, 3.05) is 7.11 Å². The Kier molecular flexibility index (Phi) is 4.13. The summed E-state index contributed by atoms with van der Waals surface area (Å²) in [6.45, 7) is 2.09. The van der Waals surface area contributed by atoms with E-state index < -0.39 is 24.5 Å². The molecule has 0 bridgehead atoms. The molecule has 0 saturated carbocycles. The van der Waals surface area contributed by atoms with Gasteiger partial charge in [0.05, 0.1) is 5.94 Å². The molecule has 1 aliphatic carbocycles. The van der Waals surface area contributed by atoms with E-state index in [0.29, 0.717) is 17.9 Å². The van der Waals surface area contributed by atoms with Crippen molar-refractivity contribution in [3.05, 3.63) is 53.0 Å². The summed E-state index contributed by atoms with van der Waals surface area (Å²) in [6.07, 6.45) is 6.51. The molecule has 3 rings (SSSR count). The molecule has 1 heterocycles. The fraction of sp³-hybridized carbons (Fsp3) is 0.312. The van der Waals surface area contributed by atoms with Crippen LogP contribution in [0.3, 0.4) is 0 Å². The van der Waals surface area contributed by atoms with Crippen molar-refractivity contribution in [2.24, 2.45) is 5.92 Å². The Bertz CT molecular complexity index is 704. The van der Waals surface area contributed by atoms with Crippen LogP contribution in [0, 0.1) is 11.7 Å². The van der Waals surface area contributed by atoms with E-state index in [1.165, 1.54) is 12.7 Å². The molecular formula is C16H17BFNO4. The molecule has 1 aliphatic heterocycles. The van der Waals surface area contributed by atoms with Crippen LogP contribution in [0.2, 0.25) is 0 Å². The first-order valence-electron chi connectivity index (χ1n) is 7.39. The maximum absolute atomic E-state index is 13.8. The fourth-order valence-corrected chi connectivity index (χ4v) is 2.76. The van der Waals surface area contributed by atoms with Crippen LogP contribution in [0.5, 0.6) is 5.75 Å². The van der Waals surface area contributed by atoms with Crippen LogP contribution in [0.1, 0.15) is 22.8 Å². The van der Waals surface area contributed by atoms with Gasteiger partial charge in [-0.2, -0.15) is 0 Å². The molecular weight excluding hydrogens is 300 g/mol. The molecule has 0 spiro atoms. The Balaban J connectivity index is 1.87. The van der Waals surface area contributed by atoms with Crippen molar-refractivity contribution in [3.63, 3.8) is 0 Å². The summed E-state index contributed by atoms with van der Waals surface area (Å²) in [4.78, 5) is 11.3. The predicted molar refractivity (Wildman–Crippen MR) is 83.8 cm³/mol. The Labute approximate surface area is 133 Å². The van der Waals surface area contributed by atoms with Gasteiger partial charge in [0.2, 0.25) is 0 Å². The van der Waals surface area contributed by atoms with E-state index in [1.54, 1.807) is 6.07 Å². The molecule has 1 aromatic rings. The van der Waals surface area contributed by atoms with Gasteiger partial charge in [-0.15, -0.1) is 0 Å². The van der Waals surface area contributed by atoms with E-state index in [-0.39, 0.29) is 11.7 Å². The van der Waals surface area contributed by atoms with Gasteiger partial charge in [-0.3, -0.25) is 0 Å². The number of halogens is 1. The van der Waals surface area contributed by atoms with Crippen LogP contribution < -0.4 is 9.97 Å². The van der Waals surface area contributed by atoms with Gasteiger partial charge < -0.3 is 19.7 Å². The van der Waals surface area contributed by atoms with Gasteiger partial charge in [-0.1, -0.05) is 25.1 Å². The minimum atomic E-state index is -1.35. The van der Waals surface area contributed by atoms with E-state index in [4.69, 9.17) is 9.31 Å². The van der Waals surface area contributed by atoms with Crippen LogP contribution >= 0.6 is 0 Å². The number of hydrogen-bond acceptors (Lipinski definition) is 4. The Morgan fingerprint density at radius 1 is 1.57 bits per heavy atom. The van der Waals surface area contributed by atoms with E-state index in [1.807, 2.05) is 12.3 Å². The number of carboxylic acid groups (broad SMARTS) is 1. The maximum Gasteiger partial charge on any atom is 0.549 e. The number of nitrogens with one attached hydrogen (secondary N) is 1. The summed E-state index contributed by atoms with van der Waals surface area (Å²) in [5.41, 5.74) is 1.37. The molecule has 1 unspecified atom stereocenters. The van der Waals surface area contributed by atoms with E-state index >= 15 is 0 Å². The maximum atomic E-state index is 13.8. The first-order valence-corrected chi connectivity index (χ1v) is 7.39. The normalized spacial score (nSPS) is 24.0. The zero-order valence-electron chi connectivity index (χ0n) is 12.9. The lowest BCUT2D eigenvalue weighted by atomic mass is 9.71. The van der Waals surface area contributed by atoms with Gasteiger partial charge in [0.15, 0.2) is 0 Å². The fourth-order valence-electron chi connectivity index (χ4n) is 2.76. The Morgan fingerprint density at radius 3 is 2.91 bits per heavy atom. The average molecular weight is 317 g/mol. The first-order chi connectivity index (χ1) is 11.0. The zero-order chi connectivity index (χ0) is 16.6. The van der Waals surface area contributed by atoms with Gasteiger partial charge in [0.25, 0.3) is 0 Å². The van der Waals surface area contributed by atoms with Crippen molar-refractivity contribution in [2.45, 2.75) is 19.3 Å². The molecule has 0 fully saturated rings. The summed E-state index contributed by atoms with van der Waals surface area (Å²) in [5, 5.41) is 12.5. The quantitative estimate of drug-likeness (QED) is 0.833. The van der Waals surface area contributed by atoms with Gasteiger partial charge in [0, 0.05) is 19.2 Å². The number of hydrogen-bond donors (Lipinski definition) is 2. The summed E-state index contributed by atoms with van der Waals surface area (Å²) in [6, 6.07) is 2.71. The van der Waals surface area contributed by atoms with Crippen molar-refractivity contribution < 1.29 is 23.6 Å². The van der Waals surface area contributed by atoms with Crippen LogP contribution in [-0.2, 0) is 11.1 Å². The SMILES string of the molecule is COB1Oc2c(ccc(F)c2C(=O)O)C[C@@H]1N/C=C1/C=CC1C. The molecule has 2 N–H and O–H groups in total. The number of aromatic carboxylic acids is 1. The standard InChI is InChI=1S/C16H17BFNO4/c1-9-3-4-11(9)8-19-13-7-10-5-6-12(18)14(16(20)21)15(10)23-17(13)22-2/h3-6,8-9,13,19H,7H2,1-2H3,(H,20,21)/b11-8-/t9?,13-/m0/s1. The van der Waals surface area contributed by atoms with E-state index in [9.17, 15) is 14.3 Å². The highest BCUT2D eigenvalue weighted by atomic mass is 19.1. The van der Waals surface area contributed by atoms with E-state index in [0.717, 1.165) is 6.07 Å². The minimum Gasteiger partial charge on any atom is -0.534 e. The van der Waals surface area contributed by atoms with Crippen LogP contribution in [0.4, 0.5) is 4.39 Å². The van der Waals surface area contributed by atoms with Gasteiger partial charge in [-0.05, 0) is 23.6 Å². The minimum absolute atomic E-state index is 0.0481. The lowest BCUT2D eigenvalue weighted by molar-refractivity contribution is 0.0688. The number of fused-ring (bicyclic) bond motifs is 1. The van der Waals surface area contributed by atoms with Gasteiger partial charge in [0.1, 0.15) is 17.1 Å². The number of carboxylic acids is 1. The Morgan fingerprint density at radius 2 is 2.35 bits per heavy atom. The highest BCUT2D eigenvalue weighted by Gasteiger charge is 2.39. The van der Waals surface area contributed by atoms with Crippen LogP contribution in [0.15, 0.2) is 36.1 Å². The van der Waals surface area contributed by atoms with Crippen molar-refractivity contribution in [3.8, 4) is 5.75 Å². The molecule has 7 heteroatoms. The highest BCUT2D eigenvalue weighted by molar-refractivity contribution is 6.48. The van der Waals surface area contributed by atoms with E-state index in [2.05, 4.69) is 18.3 Å². The molecule has 0 saturated heterocycles. The number of carbonyl (C=O) groups is 1. The molecule has 5 nitrogen and oxygen atoms in total. The number of allylic oxidation sites excluding steroid dienone is 3. The number of rotatable bonds is 4. The largest absolute Gasteiger partial charge is 0.549 e. The molecule has 0 aromatic heterocycles. The van der Waals surface area contributed by atoms with Crippen LogP contribution in [0.25, 0.3) is 0 Å². The van der Waals surface area contributed by atoms with Crippen molar-refractivity contribution >= 4 is 13.1 Å². The predicted octanol–water partition coefficient (Wildman–Crippen LogP) is 2.18. The number of benzene rings is 1. The monoisotopic (exact) mass is 317 g/mol. The third kappa shape index (κ3) is 2.84. The summed E-state index contributed by atoms with van der Waals surface area (Å²) in [5.74, 6) is -1.89. The lowest BCUT2D eigenvalue weighted by Crippen LogP contribution is -2.51. The molecule has 23 heavy (non-hydrogen) atoms. The second kappa shape index (κ2) is 6.08.